The number of hydrogen-bond donors (Lipinski definition) is 1. The van der Waals surface area contributed by atoms with Gasteiger partial charge in [0.25, 0.3) is 5.56 Å². The first-order valence-electron chi connectivity index (χ1n) is 9.33. The molecule has 1 aromatic carbocycles. The quantitative estimate of drug-likeness (QED) is 0.836. The first kappa shape index (κ1) is 19.1. The SMILES string of the molecule is CC(N)C1CCN(C(=O)Cn2c(=O)ccn(Cc3ccccc3)c2=O)CC1. The number of carbonyl (C=O) groups excluding carboxylic acids is 1. The number of hydrogen-bond acceptors (Lipinski definition) is 4. The normalized spacial score (nSPS) is 16.3. The molecule has 2 heterocycles. The molecule has 0 aliphatic carbocycles. The van der Waals surface area contributed by atoms with Crippen LogP contribution >= 0.6 is 0 Å². The topological polar surface area (TPSA) is 90.3 Å². The van der Waals surface area contributed by atoms with Crippen molar-refractivity contribution >= 4 is 5.91 Å². The van der Waals surface area contributed by atoms with Crippen LogP contribution in [0.3, 0.4) is 0 Å². The summed E-state index contributed by atoms with van der Waals surface area (Å²) < 4.78 is 2.47. The number of nitrogens with two attached hydrogens (primary N) is 1. The van der Waals surface area contributed by atoms with E-state index in [0.29, 0.717) is 25.6 Å². The Hall–Kier alpha value is -2.67. The number of aromatic nitrogens is 2. The van der Waals surface area contributed by atoms with Gasteiger partial charge in [0.05, 0.1) is 6.54 Å². The number of carbonyl (C=O) groups is 1. The molecule has 0 radical (unpaired) electrons. The van der Waals surface area contributed by atoms with Crippen molar-refractivity contribution in [2.75, 3.05) is 13.1 Å². The van der Waals surface area contributed by atoms with Gasteiger partial charge in [-0.05, 0) is 31.2 Å². The van der Waals surface area contributed by atoms with Gasteiger partial charge in [-0.2, -0.15) is 0 Å². The molecule has 7 heteroatoms. The van der Waals surface area contributed by atoms with E-state index in [1.54, 1.807) is 4.90 Å². The van der Waals surface area contributed by atoms with Gasteiger partial charge in [-0.15, -0.1) is 0 Å². The predicted octanol–water partition coefficient (Wildman–Crippen LogP) is 0.644. The Morgan fingerprint density at radius 2 is 1.81 bits per heavy atom. The third-order valence-electron chi connectivity index (χ3n) is 5.26. The maximum absolute atomic E-state index is 12.7. The summed E-state index contributed by atoms with van der Waals surface area (Å²) in [5, 5.41) is 0. The standard InChI is InChI=1S/C20H26N4O3/c1-15(21)17-7-10-22(11-8-17)19(26)14-24-18(25)9-12-23(20(24)27)13-16-5-3-2-4-6-16/h2-6,9,12,15,17H,7-8,10-11,13-14,21H2,1H3. The van der Waals surface area contributed by atoms with Crippen LogP contribution in [0.25, 0.3) is 0 Å². The monoisotopic (exact) mass is 370 g/mol. The minimum absolute atomic E-state index is 0.115. The van der Waals surface area contributed by atoms with Crippen LogP contribution in [0.4, 0.5) is 0 Å². The van der Waals surface area contributed by atoms with E-state index in [-0.39, 0.29) is 18.5 Å². The number of piperidine rings is 1. The molecule has 1 fully saturated rings. The third-order valence-corrected chi connectivity index (χ3v) is 5.26. The average molecular weight is 370 g/mol. The number of amides is 1. The van der Waals surface area contributed by atoms with Crippen LogP contribution in [0.1, 0.15) is 25.3 Å². The van der Waals surface area contributed by atoms with Crippen LogP contribution in [0.15, 0.2) is 52.2 Å². The molecule has 1 aliphatic rings. The molecule has 1 atom stereocenters. The highest BCUT2D eigenvalue weighted by molar-refractivity contribution is 5.76. The van der Waals surface area contributed by atoms with Crippen LogP contribution in [0.5, 0.6) is 0 Å². The molecule has 2 N–H and O–H groups in total. The van der Waals surface area contributed by atoms with E-state index < -0.39 is 11.2 Å². The Morgan fingerprint density at radius 3 is 2.44 bits per heavy atom. The lowest BCUT2D eigenvalue weighted by Crippen LogP contribution is -2.47. The summed E-state index contributed by atoms with van der Waals surface area (Å²) in [5.74, 6) is 0.214. The van der Waals surface area contributed by atoms with Crippen LogP contribution in [0.2, 0.25) is 0 Å². The summed E-state index contributed by atoms with van der Waals surface area (Å²) in [6.45, 7) is 3.35. The van der Waals surface area contributed by atoms with Crippen molar-refractivity contribution in [2.45, 2.75) is 38.9 Å². The second kappa shape index (κ2) is 8.35. The third kappa shape index (κ3) is 4.54. The molecule has 7 nitrogen and oxygen atoms in total. The van der Waals surface area contributed by atoms with Gasteiger partial charge in [-0.1, -0.05) is 30.3 Å². The summed E-state index contributed by atoms with van der Waals surface area (Å²) >= 11 is 0. The highest BCUT2D eigenvalue weighted by atomic mass is 16.2. The maximum atomic E-state index is 12.7. The van der Waals surface area contributed by atoms with Gasteiger partial charge in [0.1, 0.15) is 6.54 Å². The fraction of sp³-hybridized carbons (Fsp3) is 0.450. The maximum Gasteiger partial charge on any atom is 0.331 e. The van der Waals surface area contributed by atoms with Crippen molar-refractivity contribution in [1.82, 2.24) is 14.0 Å². The van der Waals surface area contributed by atoms with Crippen LogP contribution < -0.4 is 17.0 Å². The Kier molecular flexibility index (Phi) is 5.91. The molecule has 144 valence electrons. The molecule has 1 aromatic heterocycles. The summed E-state index contributed by atoms with van der Waals surface area (Å²) in [4.78, 5) is 39.2. The van der Waals surface area contributed by atoms with Gasteiger partial charge in [0.2, 0.25) is 5.91 Å². The van der Waals surface area contributed by atoms with Crippen LogP contribution in [-0.4, -0.2) is 39.1 Å². The van der Waals surface area contributed by atoms with Crippen molar-refractivity contribution in [3.05, 3.63) is 69.0 Å². The predicted molar refractivity (Wildman–Crippen MR) is 103 cm³/mol. The van der Waals surface area contributed by atoms with Crippen molar-refractivity contribution in [2.24, 2.45) is 11.7 Å². The van der Waals surface area contributed by atoms with Crippen molar-refractivity contribution in [1.29, 1.82) is 0 Å². The lowest BCUT2D eigenvalue weighted by Gasteiger charge is -2.33. The Labute approximate surface area is 158 Å². The lowest BCUT2D eigenvalue weighted by molar-refractivity contribution is -0.133. The van der Waals surface area contributed by atoms with E-state index >= 15 is 0 Å². The van der Waals surface area contributed by atoms with Crippen molar-refractivity contribution in [3.8, 4) is 0 Å². The van der Waals surface area contributed by atoms with Gasteiger partial charge in [0.15, 0.2) is 0 Å². The molecule has 1 saturated heterocycles. The number of rotatable bonds is 5. The molecule has 27 heavy (non-hydrogen) atoms. The van der Waals surface area contributed by atoms with Crippen LogP contribution in [-0.2, 0) is 17.9 Å². The van der Waals surface area contributed by atoms with E-state index in [0.717, 1.165) is 23.0 Å². The minimum Gasteiger partial charge on any atom is -0.341 e. The average Bonchev–Trinajstić information content (AvgIpc) is 2.68. The first-order valence-corrected chi connectivity index (χ1v) is 9.33. The zero-order chi connectivity index (χ0) is 19.4. The number of nitrogens with zero attached hydrogens (tertiary/aromatic N) is 3. The first-order chi connectivity index (χ1) is 13.0. The summed E-state index contributed by atoms with van der Waals surface area (Å²) in [7, 11) is 0. The molecule has 1 unspecified atom stereocenters. The number of likely N-dealkylation sites (tertiary alicyclic amines) is 1. The fourth-order valence-corrected chi connectivity index (χ4v) is 3.51. The highest BCUT2D eigenvalue weighted by Gasteiger charge is 2.25. The summed E-state index contributed by atoms with van der Waals surface area (Å²) in [6.07, 6.45) is 3.18. The molecule has 2 aromatic rings. The molecule has 1 aliphatic heterocycles. The molecule has 3 rings (SSSR count). The molecule has 0 spiro atoms. The zero-order valence-electron chi connectivity index (χ0n) is 15.6. The zero-order valence-corrected chi connectivity index (χ0v) is 15.6. The van der Waals surface area contributed by atoms with E-state index in [4.69, 9.17) is 5.73 Å². The van der Waals surface area contributed by atoms with Crippen molar-refractivity contribution in [3.63, 3.8) is 0 Å². The van der Waals surface area contributed by atoms with E-state index in [9.17, 15) is 14.4 Å². The van der Waals surface area contributed by atoms with Crippen molar-refractivity contribution < 1.29 is 4.79 Å². The van der Waals surface area contributed by atoms with Gasteiger partial charge >= 0.3 is 5.69 Å². The summed E-state index contributed by atoms with van der Waals surface area (Å²) in [6, 6.07) is 11.0. The summed E-state index contributed by atoms with van der Waals surface area (Å²) in [5.41, 5.74) is 5.97. The smallest absolute Gasteiger partial charge is 0.331 e. The second-order valence-corrected chi connectivity index (χ2v) is 7.21. The molecule has 0 saturated carbocycles. The Balaban J connectivity index is 1.73. The molecular weight excluding hydrogens is 344 g/mol. The lowest BCUT2D eigenvalue weighted by atomic mass is 9.91. The largest absolute Gasteiger partial charge is 0.341 e. The van der Waals surface area contributed by atoms with Gasteiger partial charge < -0.3 is 10.6 Å². The Bertz CT molecular complexity index is 893. The van der Waals surface area contributed by atoms with E-state index in [1.807, 2.05) is 37.3 Å². The fourth-order valence-electron chi connectivity index (χ4n) is 3.51. The molecule has 1 amide bonds. The van der Waals surface area contributed by atoms with E-state index in [1.165, 1.54) is 16.8 Å². The van der Waals surface area contributed by atoms with E-state index in [2.05, 4.69) is 0 Å². The Morgan fingerprint density at radius 1 is 1.15 bits per heavy atom. The molecule has 0 bridgehead atoms. The molecular formula is C20H26N4O3. The number of benzene rings is 1. The minimum atomic E-state index is -0.467. The van der Waals surface area contributed by atoms with Gasteiger partial charge in [-0.25, -0.2) is 4.79 Å². The highest BCUT2D eigenvalue weighted by Crippen LogP contribution is 2.19. The van der Waals surface area contributed by atoms with Gasteiger partial charge in [-0.3, -0.25) is 18.7 Å². The second-order valence-electron chi connectivity index (χ2n) is 7.21. The van der Waals surface area contributed by atoms with Crippen LogP contribution in [0, 0.1) is 5.92 Å². The van der Waals surface area contributed by atoms with Gasteiger partial charge in [0, 0.05) is 31.4 Å².